The molecular weight excluding hydrogens is 246 g/mol. The average molecular weight is 271 g/mol. The molecule has 0 aliphatic rings. The first kappa shape index (κ1) is 15.4. The zero-order valence-electron chi connectivity index (χ0n) is 12.1. The zero-order valence-corrected chi connectivity index (χ0v) is 12.9. The minimum absolute atomic E-state index is 0.482. The Labute approximate surface area is 114 Å². The van der Waals surface area contributed by atoms with E-state index in [1.807, 2.05) is 5.38 Å². The Bertz CT molecular complexity index is 350. The van der Waals surface area contributed by atoms with Crippen LogP contribution in [-0.2, 0) is 0 Å². The maximum Gasteiger partial charge on any atom is 0.185 e. The third-order valence-electron chi connectivity index (χ3n) is 2.61. The van der Waals surface area contributed by atoms with Crippen LogP contribution in [0.25, 0.3) is 0 Å². The van der Waals surface area contributed by atoms with Crippen LogP contribution in [0.1, 0.15) is 32.6 Å². The zero-order chi connectivity index (χ0) is 13.7. The lowest BCUT2D eigenvalue weighted by Crippen LogP contribution is -2.34. The molecule has 104 valence electrons. The normalized spacial score (nSPS) is 13.3. The lowest BCUT2D eigenvalue weighted by molar-refractivity contribution is 0.195. The molecule has 0 saturated carbocycles. The number of hydrogen-bond donors (Lipinski definition) is 1. The molecule has 1 heterocycles. The molecule has 0 bridgehead atoms. The molecule has 1 atom stereocenters. The van der Waals surface area contributed by atoms with E-state index in [0.717, 1.165) is 30.5 Å². The molecule has 4 nitrogen and oxygen atoms in total. The molecule has 1 rings (SSSR count). The highest BCUT2D eigenvalue weighted by molar-refractivity contribution is 7.13. The first-order chi connectivity index (χ1) is 8.40. The summed E-state index contributed by atoms with van der Waals surface area (Å²) < 4.78 is 0. The quantitative estimate of drug-likeness (QED) is 0.825. The van der Waals surface area contributed by atoms with Gasteiger partial charge in [-0.2, -0.15) is 0 Å². The molecule has 0 fully saturated rings. The summed E-state index contributed by atoms with van der Waals surface area (Å²) in [4.78, 5) is 9.00. The van der Waals surface area contributed by atoms with Crippen molar-refractivity contribution in [2.24, 2.45) is 5.92 Å². The van der Waals surface area contributed by atoms with Gasteiger partial charge in [0.1, 0.15) is 0 Å². The van der Waals surface area contributed by atoms with Gasteiger partial charge >= 0.3 is 0 Å². The van der Waals surface area contributed by atoms with Crippen LogP contribution in [0, 0.1) is 5.92 Å². The SMILES string of the molecule is CC(C)CN(CCN(C)C)c1nc(C(C)O)cs1. The van der Waals surface area contributed by atoms with Gasteiger partial charge in [-0.1, -0.05) is 13.8 Å². The summed E-state index contributed by atoms with van der Waals surface area (Å²) in [5.74, 6) is 0.603. The molecule has 0 aromatic carbocycles. The molecule has 0 amide bonds. The number of hydrogen-bond acceptors (Lipinski definition) is 5. The van der Waals surface area contributed by atoms with Crippen molar-refractivity contribution >= 4 is 16.5 Å². The van der Waals surface area contributed by atoms with Crippen LogP contribution in [0.5, 0.6) is 0 Å². The van der Waals surface area contributed by atoms with E-state index in [0.29, 0.717) is 5.92 Å². The third kappa shape index (κ3) is 4.92. The summed E-state index contributed by atoms with van der Waals surface area (Å²) in [5, 5.41) is 12.5. The monoisotopic (exact) mass is 271 g/mol. The van der Waals surface area contributed by atoms with E-state index in [2.05, 4.69) is 42.7 Å². The van der Waals surface area contributed by atoms with Gasteiger partial charge in [-0.25, -0.2) is 4.98 Å². The lowest BCUT2D eigenvalue weighted by atomic mass is 10.2. The average Bonchev–Trinajstić information content (AvgIpc) is 2.72. The Balaban J connectivity index is 2.73. The molecule has 0 aliphatic heterocycles. The van der Waals surface area contributed by atoms with E-state index in [1.165, 1.54) is 0 Å². The van der Waals surface area contributed by atoms with E-state index in [1.54, 1.807) is 18.3 Å². The second-order valence-electron chi connectivity index (χ2n) is 5.37. The van der Waals surface area contributed by atoms with Crippen molar-refractivity contribution in [1.82, 2.24) is 9.88 Å². The minimum Gasteiger partial charge on any atom is -0.387 e. The van der Waals surface area contributed by atoms with E-state index in [9.17, 15) is 5.11 Å². The van der Waals surface area contributed by atoms with Gasteiger partial charge in [0.05, 0.1) is 11.8 Å². The van der Waals surface area contributed by atoms with Crippen molar-refractivity contribution in [3.63, 3.8) is 0 Å². The summed E-state index contributed by atoms with van der Waals surface area (Å²) >= 11 is 1.62. The summed E-state index contributed by atoms with van der Waals surface area (Å²) in [6.07, 6.45) is -0.482. The van der Waals surface area contributed by atoms with Crippen LogP contribution in [0.4, 0.5) is 5.13 Å². The van der Waals surface area contributed by atoms with Crippen molar-refractivity contribution in [1.29, 1.82) is 0 Å². The Morgan fingerprint density at radius 1 is 1.28 bits per heavy atom. The van der Waals surface area contributed by atoms with Crippen molar-refractivity contribution in [3.05, 3.63) is 11.1 Å². The van der Waals surface area contributed by atoms with Gasteiger partial charge in [0, 0.05) is 25.0 Å². The van der Waals surface area contributed by atoms with Crippen LogP contribution in [0.3, 0.4) is 0 Å². The van der Waals surface area contributed by atoms with Gasteiger partial charge in [0.25, 0.3) is 0 Å². The fraction of sp³-hybridized carbons (Fsp3) is 0.769. The van der Waals surface area contributed by atoms with Crippen molar-refractivity contribution in [2.75, 3.05) is 38.6 Å². The van der Waals surface area contributed by atoms with Crippen molar-refractivity contribution in [3.8, 4) is 0 Å². The second kappa shape index (κ2) is 7.07. The maximum absolute atomic E-state index is 9.54. The summed E-state index contributed by atoms with van der Waals surface area (Å²) in [7, 11) is 4.16. The van der Waals surface area contributed by atoms with Crippen LogP contribution in [0.15, 0.2) is 5.38 Å². The molecule has 18 heavy (non-hydrogen) atoms. The minimum atomic E-state index is -0.482. The van der Waals surface area contributed by atoms with Gasteiger partial charge in [0.2, 0.25) is 0 Å². The summed E-state index contributed by atoms with van der Waals surface area (Å²) in [5.41, 5.74) is 0.772. The topological polar surface area (TPSA) is 39.6 Å². The first-order valence-corrected chi connectivity index (χ1v) is 7.31. The second-order valence-corrected chi connectivity index (χ2v) is 6.21. The van der Waals surface area contributed by atoms with Crippen molar-refractivity contribution in [2.45, 2.75) is 26.9 Å². The van der Waals surface area contributed by atoms with Gasteiger partial charge in [-0.05, 0) is 26.9 Å². The van der Waals surface area contributed by atoms with E-state index in [-0.39, 0.29) is 0 Å². The molecule has 0 saturated heterocycles. The summed E-state index contributed by atoms with van der Waals surface area (Å²) in [6.45, 7) is 9.16. The fourth-order valence-electron chi connectivity index (χ4n) is 1.64. The van der Waals surface area contributed by atoms with Gasteiger partial charge in [-0.3, -0.25) is 0 Å². The largest absolute Gasteiger partial charge is 0.387 e. The Morgan fingerprint density at radius 3 is 2.39 bits per heavy atom. The van der Waals surface area contributed by atoms with E-state index >= 15 is 0 Å². The van der Waals surface area contributed by atoms with Crippen LogP contribution in [0.2, 0.25) is 0 Å². The van der Waals surface area contributed by atoms with Gasteiger partial charge in [0.15, 0.2) is 5.13 Å². The number of nitrogens with zero attached hydrogens (tertiary/aromatic N) is 3. The predicted molar refractivity (Wildman–Crippen MR) is 78.4 cm³/mol. The first-order valence-electron chi connectivity index (χ1n) is 6.43. The number of aliphatic hydroxyl groups excluding tert-OH is 1. The molecule has 0 spiro atoms. The Hall–Kier alpha value is -0.650. The summed E-state index contributed by atoms with van der Waals surface area (Å²) in [6, 6.07) is 0. The molecule has 1 N–H and O–H groups in total. The molecule has 0 radical (unpaired) electrons. The van der Waals surface area contributed by atoms with Crippen molar-refractivity contribution < 1.29 is 5.11 Å². The van der Waals surface area contributed by atoms with Crippen LogP contribution >= 0.6 is 11.3 Å². The number of anilines is 1. The third-order valence-corrected chi connectivity index (χ3v) is 3.53. The predicted octanol–water partition coefficient (Wildman–Crippen LogP) is 2.22. The number of rotatable bonds is 7. The van der Waals surface area contributed by atoms with Crippen LogP contribution < -0.4 is 4.90 Å². The number of aromatic nitrogens is 1. The maximum atomic E-state index is 9.54. The standard InChI is InChI=1S/C13H25N3OS/c1-10(2)8-16(7-6-15(4)5)13-14-12(9-18-13)11(3)17/h9-11,17H,6-8H2,1-5H3. The molecule has 5 heteroatoms. The number of likely N-dealkylation sites (N-methyl/N-ethyl adjacent to an activating group) is 1. The number of aliphatic hydroxyl groups is 1. The van der Waals surface area contributed by atoms with E-state index in [4.69, 9.17) is 0 Å². The molecule has 0 aliphatic carbocycles. The molecular formula is C13H25N3OS. The van der Waals surface area contributed by atoms with Gasteiger partial charge in [-0.15, -0.1) is 11.3 Å². The number of thiazole rings is 1. The molecule has 1 aromatic rings. The highest BCUT2D eigenvalue weighted by atomic mass is 32.1. The lowest BCUT2D eigenvalue weighted by Gasteiger charge is -2.25. The Kier molecular flexibility index (Phi) is 6.05. The highest BCUT2D eigenvalue weighted by Crippen LogP contribution is 2.24. The van der Waals surface area contributed by atoms with E-state index < -0.39 is 6.10 Å². The molecule has 1 aromatic heterocycles. The Morgan fingerprint density at radius 2 is 1.94 bits per heavy atom. The molecule has 1 unspecified atom stereocenters. The smallest absolute Gasteiger partial charge is 0.185 e. The fourth-order valence-corrected chi connectivity index (χ4v) is 2.59. The van der Waals surface area contributed by atoms with Gasteiger partial charge < -0.3 is 14.9 Å². The van der Waals surface area contributed by atoms with Crippen LogP contribution in [-0.4, -0.2) is 48.7 Å². The highest BCUT2D eigenvalue weighted by Gasteiger charge is 2.14.